The van der Waals surface area contributed by atoms with Crippen molar-refractivity contribution in [1.82, 2.24) is 14.5 Å². The Morgan fingerprint density at radius 3 is 2.17 bits per heavy atom. The average Bonchev–Trinajstić information content (AvgIpc) is 2.80. The Labute approximate surface area is 210 Å². The SMILES string of the molecule is Cc1ccc(C)c(N(CC(=O)N(Cc2ccccc2)[C@@H](C)C(=O)NCC(C)C)S(=O)(=O)N(C)C)c1. The third kappa shape index (κ3) is 7.53. The van der Waals surface area contributed by atoms with Crippen LogP contribution in [0.2, 0.25) is 0 Å². The monoisotopic (exact) mass is 502 g/mol. The fourth-order valence-electron chi connectivity index (χ4n) is 3.51. The molecule has 0 aliphatic rings. The van der Waals surface area contributed by atoms with Gasteiger partial charge in [0.25, 0.3) is 0 Å². The van der Waals surface area contributed by atoms with Crippen LogP contribution in [0.1, 0.15) is 37.5 Å². The van der Waals surface area contributed by atoms with Gasteiger partial charge in [-0.25, -0.2) is 4.31 Å². The highest BCUT2D eigenvalue weighted by atomic mass is 32.2. The fourth-order valence-corrected chi connectivity index (χ4v) is 4.62. The van der Waals surface area contributed by atoms with Gasteiger partial charge < -0.3 is 10.2 Å². The minimum Gasteiger partial charge on any atom is -0.354 e. The minimum atomic E-state index is -3.98. The maximum absolute atomic E-state index is 13.7. The van der Waals surface area contributed by atoms with Gasteiger partial charge >= 0.3 is 10.2 Å². The number of hydrogen-bond acceptors (Lipinski definition) is 4. The standard InChI is InChI=1S/C26H38N4O4S/c1-19(2)16-27-26(32)22(5)29(17-23-11-9-8-10-12-23)25(31)18-30(35(33,34)28(6)7)24-15-20(3)13-14-21(24)4/h8-15,19,22H,16-18H2,1-7H3,(H,27,32)/t22-/m0/s1. The van der Waals surface area contributed by atoms with E-state index in [-0.39, 0.29) is 18.4 Å². The molecule has 35 heavy (non-hydrogen) atoms. The van der Waals surface area contributed by atoms with Crippen LogP contribution in [0.25, 0.3) is 0 Å². The normalized spacial score (nSPS) is 12.5. The van der Waals surface area contributed by atoms with Crippen molar-refractivity contribution in [3.05, 3.63) is 65.2 Å². The molecule has 2 aromatic rings. The second-order valence-corrected chi connectivity index (χ2v) is 11.5. The molecule has 0 aromatic heterocycles. The molecule has 0 aliphatic heterocycles. The van der Waals surface area contributed by atoms with Crippen molar-refractivity contribution in [2.24, 2.45) is 5.92 Å². The molecular formula is C26H38N4O4S. The molecule has 0 fully saturated rings. The smallest absolute Gasteiger partial charge is 0.304 e. The summed E-state index contributed by atoms with van der Waals surface area (Å²) in [4.78, 5) is 28.0. The molecule has 0 radical (unpaired) electrons. The quantitative estimate of drug-likeness (QED) is 0.511. The zero-order valence-corrected chi connectivity index (χ0v) is 22.6. The van der Waals surface area contributed by atoms with Crippen LogP contribution in [-0.4, -0.2) is 62.7 Å². The Hall–Kier alpha value is -2.91. The van der Waals surface area contributed by atoms with E-state index in [1.165, 1.54) is 19.0 Å². The predicted octanol–water partition coefficient (Wildman–Crippen LogP) is 3.11. The molecule has 2 rings (SSSR count). The number of nitrogens with zero attached hydrogens (tertiary/aromatic N) is 3. The summed E-state index contributed by atoms with van der Waals surface area (Å²) in [5.74, 6) is -0.487. The lowest BCUT2D eigenvalue weighted by Gasteiger charge is -2.33. The van der Waals surface area contributed by atoms with E-state index in [4.69, 9.17) is 0 Å². The van der Waals surface area contributed by atoms with Crippen molar-refractivity contribution in [3.8, 4) is 0 Å². The van der Waals surface area contributed by atoms with E-state index >= 15 is 0 Å². The molecule has 2 aromatic carbocycles. The van der Waals surface area contributed by atoms with Gasteiger partial charge in [-0.3, -0.25) is 9.59 Å². The van der Waals surface area contributed by atoms with Crippen molar-refractivity contribution in [1.29, 1.82) is 0 Å². The molecule has 9 heteroatoms. The first kappa shape index (κ1) is 28.3. The Morgan fingerprint density at radius 2 is 1.60 bits per heavy atom. The molecular weight excluding hydrogens is 464 g/mol. The zero-order chi connectivity index (χ0) is 26.3. The van der Waals surface area contributed by atoms with Gasteiger partial charge in [0.2, 0.25) is 11.8 Å². The van der Waals surface area contributed by atoms with E-state index in [1.54, 1.807) is 19.9 Å². The summed E-state index contributed by atoms with van der Waals surface area (Å²) in [7, 11) is -1.12. The van der Waals surface area contributed by atoms with E-state index < -0.39 is 28.7 Å². The van der Waals surface area contributed by atoms with Crippen molar-refractivity contribution in [3.63, 3.8) is 0 Å². The number of nitrogens with one attached hydrogen (secondary N) is 1. The maximum Gasteiger partial charge on any atom is 0.304 e. The van der Waals surface area contributed by atoms with Gasteiger partial charge in [-0.2, -0.15) is 12.7 Å². The maximum atomic E-state index is 13.7. The van der Waals surface area contributed by atoms with Crippen LogP contribution in [0.3, 0.4) is 0 Å². The molecule has 0 bridgehead atoms. The third-order valence-electron chi connectivity index (χ3n) is 5.70. The molecule has 1 N–H and O–H groups in total. The number of amides is 2. The number of aryl methyl sites for hydroxylation is 2. The van der Waals surface area contributed by atoms with Gasteiger partial charge in [-0.15, -0.1) is 0 Å². The Bertz CT molecular complexity index is 1120. The van der Waals surface area contributed by atoms with Gasteiger partial charge in [-0.1, -0.05) is 56.3 Å². The van der Waals surface area contributed by atoms with Gasteiger partial charge in [0.1, 0.15) is 12.6 Å². The van der Waals surface area contributed by atoms with E-state index in [1.807, 2.05) is 63.2 Å². The van der Waals surface area contributed by atoms with Gasteiger partial charge in [-0.05, 0) is 49.4 Å². The summed E-state index contributed by atoms with van der Waals surface area (Å²) < 4.78 is 28.8. The summed E-state index contributed by atoms with van der Waals surface area (Å²) >= 11 is 0. The van der Waals surface area contributed by atoms with E-state index in [9.17, 15) is 18.0 Å². The lowest BCUT2D eigenvalue weighted by Crippen LogP contribution is -2.52. The van der Waals surface area contributed by atoms with Crippen LogP contribution < -0.4 is 9.62 Å². The number of rotatable bonds is 11. The summed E-state index contributed by atoms with van der Waals surface area (Å²) in [5.41, 5.74) is 2.88. The highest BCUT2D eigenvalue weighted by Gasteiger charge is 2.33. The van der Waals surface area contributed by atoms with Gasteiger partial charge in [0.15, 0.2) is 0 Å². The summed E-state index contributed by atoms with van der Waals surface area (Å²) in [5, 5.41) is 2.88. The van der Waals surface area contributed by atoms with Gasteiger partial charge in [0.05, 0.1) is 5.69 Å². The van der Waals surface area contributed by atoms with E-state index in [2.05, 4.69) is 5.32 Å². The zero-order valence-electron chi connectivity index (χ0n) is 21.8. The molecule has 0 saturated carbocycles. The first-order valence-electron chi connectivity index (χ1n) is 11.7. The summed E-state index contributed by atoms with van der Waals surface area (Å²) in [6, 6.07) is 14.0. The topological polar surface area (TPSA) is 90.0 Å². The number of anilines is 1. The van der Waals surface area contributed by atoms with Crippen LogP contribution >= 0.6 is 0 Å². The number of hydrogen-bond donors (Lipinski definition) is 1. The second-order valence-electron chi connectivity index (χ2n) is 9.41. The Balaban J connectivity index is 2.46. The van der Waals surface area contributed by atoms with Crippen LogP contribution in [-0.2, 0) is 26.3 Å². The molecule has 192 valence electrons. The Morgan fingerprint density at radius 1 is 0.971 bits per heavy atom. The van der Waals surface area contributed by atoms with Crippen molar-refractivity contribution in [2.75, 3.05) is 31.5 Å². The van der Waals surface area contributed by atoms with Crippen LogP contribution in [0.5, 0.6) is 0 Å². The molecule has 0 spiro atoms. The number of carbonyl (C=O) groups is 2. The Kier molecular flexibility index (Phi) is 9.85. The van der Waals surface area contributed by atoms with Crippen molar-refractivity contribution >= 4 is 27.7 Å². The van der Waals surface area contributed by atoms with Crippen LogP contribution in [0.15, 0.2) is 48.5 Å². The van der Waals surface area contributed by atoms with Crippen molar-refractivity contribution < 1.29 is 18.0 Å². The lowest BCUT2D eigenvalue weighted by molar-refractivity contribution is -0.139. The number of carbonyl (C=O) groups excluding carboxylic acids is 2. The molecule has 0 heterocycles. The highest BCUT2D eigenvalue weighted by Crippen LogP contribution is 2.26. The molecule has 0 saturated heterocycles. The average molecular weight is 503 g/mol. The lowest BCUT2D eigenvalue weighted by atomic mass is 10.1. The summed E-state index contributed by atoms with van der Waals surface area (Å²) in [6.07, 6.45) is 0. The second kappa shape index (κ2) is 12.2. The highest BCUT2D eigenvalue weighted by molar-refractivity contribution is 7.90. The molecule has 2 amide bonds. The molecule has 0 unspecified atom stereocenters. The van der Waals surface area contributed by atoms with Crippen LogP contribution in [0, 0.1) is 19.8 Å². The molecule has 0 aliphatic carbocycles. The summed E-state index contributed by atoms with van der Waals surface area (Å²) in [6.45, 7) is 9.56. The van der Waals surface area contributed by atoms with Crippen LogP contribution in [0.4, 0.5) is 5.69 Å². The predicted molar refractivity (Wildman–Crippen MR) is 140 cm³/mol. The minimum absolute atomic E-state index is 0.179. The largest absolute Gasteiger partial charge is 0.354 e. The van der Waals surface area contributed by atoms with E-state index in [0.29, 0.717) is 12.2 Å². The van der Waals surface area contributed by atoms with Crippen molar-refractivity contribution in [2.45, 2.75) is 47.2 Å². The number of benzene rings is 2. The first-order chi connectivity index (χ1) is 16.3. The fraction of sp³-hybridized carbons (Fsp3) is 0.462. The molecule has 8 nitrogen and oxygen atoms in total. The first-order valence-corrected chi connectivity index (χ1v) is 13.1. The molecule has 1 atom stereocenters. The van der Waals surface area contributed by atoms with E-state index in [0.717, 1.165) is 25.3 Å². The van der Waals surface area contributed by atoms with Gasteiger partial charge in [0, 0.05) is 27.2 Å². The third-order valence-corrected chi connectivity index (χ3v) is 7.51.